The molecule has 0 aromatic heterocycles. The molecule has 0 saturated carbocycles. The molecule has 4 nitrogen and oxygen atoms in total. The lowest BCUT2D eigenvalue weighted by atomic mass is 9.99. The molecule has 1 aliphatic rings. The number of methoxy groups -OCH3 is 1. The lowest BCUT2D eigenvalue weighted by Gasteiger charge is -2.45. The van der Waals surface area contributed by atoms with Crippen molar-refractivity contribution in [3.8, 4) is 0 Å². The predicted octanol–water partition coefficient (Wildman–Crippen LogP) is 1.61. The lowest BCUT2D eigenvalue weighted by molar-refractivity contribution is -0.170. The molecule has 0 N–H and O–H groups in total. The van der Waals surface area contributed by atoms with E-state index in [1.165, 1.54) is 7.11 Å². The third-order valence-corrected chi connectivity index (χ3v) is 3.27. The fraction of sp³-hybridized carbons (Fsp3) is 0.400. The summed E-state index contributed by atoms with van der Waals surface area (Å²) in [4.78, 5) is 13.7. The van der Waals surface area contributed by atoms with E-state index in [2.05, 4.69) is 6.58 Å². The van der Waals surface area contributed by atoms with E-state index in [-0.39, 0.29) is 18.1 Å². The Hall–Kier alpha value is -1.65. The molecule has 1 fully saturated rings. The Morgan fingerprint density at radius 3 is 2.84 bits per heavy atom. The molecule has 0 aliphatic carbocycles. The quantitative estimate of drug-likeness (QED) is 0.576. The Kier molecular flexibility index (Phi) is 4.71. The maximum atomic E-state index is 11.7. The van der Waals surface area contributed by atoms with Gasteiger partial charge in [-0.15, -0.1) is 6.58 Å². The van der Waals surface area contributed by atoms with Gasteiger partial charge in [0.05, 0.1) is 19.8 Å². The van der Waals surface area contributed by atoms with Gasteiger partial charge in [0, 0.05) is 13.1 Å². The molecule has 2 atom stereocenters. The van der Waals surface area contributed by atoms with Gasteiger partial charge in [-0.3, -0.25) is 9.69 Å². The molecule has 102 valence electrons. The van der Waals surface area contributed by atoms with Crippen LogP contribution in [0.4, 0.5) is 0 Å². The summed E-state index contributed by atoms with van der Waals surface area (Å²) in [6.45, 7) is 5.61. The Balaban J connectivity index is 1.90. The van der Waals surface area contributed by atoms with Crippen LogP contribution in [0, 0.1) is 0 Å². The van der Waals surface area contributed by atoms with E-state index < -0.39 is 0 Å². The van der Waals surface area contributed by atoms with Crippen molar-refractivity contribution in [1.29, 1.82) is 0 Å². The van der Waals surface area contributed by atoms with Crippen molar-refractivity contribution in [2.75, 3.05) is 20.2 Å². The zero-order valence-corrected chi connectivity index (χ0v) is 11.1. The van der Waals surface area contributed by atoms with Gasteiger partial charge < -0.3 is 9.47 Å². The van der Waals surface area contributed by atoms with Crippen molar-refractivity contribution in [3.05, 3.63) is 48.6 Å². The summed E-state index contributed by atoms with van der Waals surface area (Å²) in [7, 11) is 1.40. The van der Waals surface area contributed by atoms with E-state index in [1.807, 2.05) is 35.2 Å². The minimum Gasteiger partial charge on any atom is -0.468 e. The van der Waals surface area contributed by atoms with Gasteiger partial charge in [-0.1, -0.05) is 36.4 Å². The minimum absolute atomic E-state index is 0.104. The highest BCUT2D eigenvalue weighted by molar-refractivity contribution is 5.77. The van der Waals surface area contributed by atoms with Crippen LogP contribution in [0.2, 0.25) is 0 Å². The van der Waals surface area contributed by atoms with E-state index in [0.29, 0.717) is 13.2 Å². The standard InChI is InChI=1S/C15H19NO3/c1-3-9-16-10-13(14(16)15(17)18-2)19-11-12-7-5-4-6-8-12/h3-8,13-14H,1,9-11H2,2H3/t13-,14-/m0/s1. The number of hydrogen-bond donors (Lipinski definition) is 0. The van der Waals surface area contributed by atoms with Crippen LogP contribution in [0.1, 0.15) is 5.56 Å². The second-order valence-electron chi connectivity index (χ2n) is 4.55. The largest absolute Gasteiger partial charge is 0.468 e. The monoisotopic (exact) mass is 261 g/mol. The molecule has 0 amide bonds. The molecule has 2 rings (SSSR count). The van der Waals surface area contributed by atoms with E-state index in [4.69, 9.17) is 9.47 Å². The van der Waals surface area contributed by atoms with Gasteiger partial charge in [-0.25, -0.2) is 0 Å². The van der Waals surface area contributed by atoms with Crippen LogP contribution in [-0.4, -0.2) is 43.2 Å². The van der Waals surface area contributed by atoms with E-state index in [9.17, 15) is 4.79 Å². The highest BCUT2D eigenvalue weighted by Crippen LogP contribution is 2.23. The van der Waals surface area contributed by atoms with Crippen LogP contribution >= 0.6 is 0 Å². The number of benzene rings is 1. The normalized spacial score (nSPS) is 22.6. The SMILES string of the molecule is C=CCN1C[C@H](OCc2ccccc2)[C@H]1C(=O)OC. The first kappa shape index (κ1) is 13.8. The van der Waals surface area contributed by atoms with Gasteiger partial charge in [-0.05, 0) is 5.56 Å². The van der Waals surface area contributed by atoms with Crippen LogP contribution in [0.3, 0.4) is 0 Å². The fourth-order valence-electron chi connectivity index (χ4n) is 2.24. The first-order valence-corrected chi connectivity index (χ1v) is 6.34. The molecule has 1 heterocycles. The van der Waals surface area contributed by atoms with Crippen molar-refractivity contribution in [2.45, 2.75) is 18.8 Å². The molecule has 19 heavy (non-hydrogen) atoms. The topological polar surface area (TPSA) is 38.8 Å². The molecule has 4 heteroatoms. The molecule has 1 aromatic rings. The number of ether oxygens (including phenoxy) is 2. The molecule has 0 spiro atoms. The molecule has 0 radical (unpaired) electrons. The van der Waals surface area contributed by atoms with Crippen molar-refractivity contribution in [1.82, 2.24) is 4.90 Å². The Morgan fingerprint density at radius 1 is 1.47 bits per heavy atom. The van der Waals surface area contributed by atoms with Gasteiger partial charge in [0.2, 0.25) is 0 Å². The lowest BCUT2D eigenvalue weighted by Crippen LogP contribution is -2.64. The summed E-state index contributed by atoms with van der Waals surface area (Å²) in [5.41, 5.74) is 1.10. The summed E-state index contributed by atoms with van der Waals surface area (Å²) >= 11 is 0. The van der Waals surface area contributed by atoms with Crippen LogP contribution in [0.25, 0.3) is 0 Å². The number of hydrogen-bond acceptors (Lipinski definition) is 4. The minimum atomic E-state index is -0.313. The maximum Gasteiger partial charge on any atom is 0.325 e. The Bertz CT molecular complexity index is 432. The third kappa shape index (κ3) is 3.22. The number of nitrogens with zero attached hydrogens (tertiary/aromatic N) is 1. The van der Waals surface area contributed by atoms with E-state index in [1.54, 1.807) is 6.08 Å². The number of likely N-dealkylation sites (tertiary alicyclic amines) is 1. The summed E-state index contributed by atoms with van der Waals surface area (Å²) in [5, 5.41) is 0. The zero-order valence-electron chi connectivity index (χ0n) is 11.1. The van der Waals surface area contributed by atoms with Crippen molar-refractivity contribution in [2.24, 2.45) is 0 Å². The Morgan fingerprint density at radius 2 is 2.21 bits per heavy atom. The van der Waals surface area contributed by atoms with Crippen LogP contribution in [0.5, 0.6) is 0 Å². The van der Waals surface area contributed by atoms with Crippen molar-refractivity contribution in [3.63, 3.8) is 0 Å². The van der Waals surface area contributed by atoms with Gasteiger partial charge in [0.1, 0.15) is 6.04 Å². The van der Waals surface area contributed by atoms with Gasteiger partial charge >= 0.3 is 5.97 Å². The van der Waals surface area contributed by atoms with Crippen molar-refractivity contribution < 1.29 is 14.3 Å². The smallest absolute Gasteiger partial charge is 0.325 e. The zero-order chi connectivity index (χ0) is 13.7. The predicted molar refractivity (Wildman–Crippen MR) is 72.6 cm³/mol. The highest BCUT2D eigenvalue weighted by atomic mass is 16.5. The summed E-state index contributed by atoms with van der Waals surface area (Å²) in [6, 6.07) is 9.62. The third-order valence-electron chi connectivity index (χ3n) is 3.27. The first-order valence-electron chi connectivity index (χ1n) is 6.34. The molecule has 1 aromatic carbocycles. The van der Waals surface area contributed by atoms with Gasteiger partial charge in [-0.2, -0.15) is 0 Å². The van der Waals surface area contributed by atoms with Crippen molar-refractivity contribution >= 4 is 5.97 Å². The average molecular weight is 261 g/mol. The van der Waals surface area contributed by atoms with Crippen LogP contribution in [-0.2, 0) is 20.9 Å². The van der Waals surface area contributed by atoms with E-state index in [0.717, 1.165) is 12.1 Å². The summed E-state index contributed by atoms with van der Waals surface area (Å²) in [5.74, 6) is -0.244. The van der Waals surface area contributed by atoms with Crippen LogP contribution < -0.4 is 0 Å². The molecule has 1 aliphatic heterocycles. The second kappa shape index (κ2) is 6.50. The summed E-state index contributed by atoms with van der Waals surface area (Å²) in [6.07, 6.45) is 1.68. The van der Waals surface area contributed by atoms with E-state index >= 15 is 0 Å². The average Bonchev–Trinajstić information content (AvgIpc) is 2.42. The maximum absolute atomic E-state index is 11.7. The molecular weight excluding hydrogens is 242 g/mol. The second-order valence-corrected chi connectivity index (χ2v) is 4.55. The summed E-state index contributed by atoms with van der Waals surface area (Å²) < 4.78 is 10.6. The highest BCUT2D eigenvalue weighted by Gasteiger charge is 2.44. The molecule has 1 saturated heterocycles. The fourth-order valence-corrected chi connectivity index (χ4v) is 2.24. The van der Waals surface area contributed by atoms with Crippen LogP contribution in [0.15, 0.2) is 43.0 Å². The number of esters is 1. The molecular formula is C15H19NO3. The number of carbonyl (C=O) groups is 1. The van der Waals surface area contributed by atoms with Gasteiger partial charge in [0.15, 0.2) is 0 Å². The van der Waals surface area contributed by atoms with Gasteiger partial charge in [0.25, 0.3) is 0 Å². The number of rotatable bonds is 6. The Labute approximate surface area is 113 Å². The molecule has 0 unspecified atom stereocenters. The number of carbonyl (C=O) groups excluding carboxylic acids is 1. The molecule has 0 bridgehead atoms. The first-order chi connectivity index (χ1) is 9.26.